The van der Waals surface area contributed by atoms with Gasteiger partial charge in [-0.2, -0.15) is 5.10 Å². The quantitative estimate of drug-likeness (QED) is 0.223. The number of carbonyl (C=O) groups is 1. The molecule has 3 aliphatic carbocycles. The Morgan fingerprint density at radius 3 is 2.59 bits per heavy atom. The molecule has 3 aliphatic rings. The van der Waals surface area contributed by atoms with Crippen molar-refractivity contribution in [2.45, 2.75) is 86.0 Å². The van der Waals surface area contributed by atoms with E-state index in [2.05, 4.69) is 38.9 Å². The van der Waals surface area contributed by atoms with Crippen molar-refractivity contribution in [1.29, 1.82) is 0 Å². The van der Waals surface area contributed by atoms with Gasteiger partial charge in [0.25, 0.3) is 0 Å². The van der Waals surface area contributed by atoms with E-state index in [1.54, 1.807) is 12.5 Å². The van der Waals surface area contributed by atoms with Crippen LogP contribution in [0.2, 0.25) is 0 Å². The lowest BCUT2D eigenvalue weighted by Crippen LogP contribution is -2.48. The zero-order valence-electron chi connectivity index (χ0n) is 19.2. The van der Waals surface area contributed by atoms with Gasteiger partial charge >= 0.3 is 0 Å². The summed E-state index contributed by atoms with van der Waals surface area (Å²) < 4.78 is 0. The standard InChI is InChI=1S/C24H42N4O/c1-6-13-23(4)17(7-2)8-9-18-19-10-11-21(24(19,5)14-12-20(18)23)22(29)15-28(26)16(3)27-25/h12,17-19,21H,6-11,13-15,25-26H2,1-5H3/b27-16-. The van der Waals surface area contributed by atoms with Crippen LogP contribution in [0.1, 0.15) is 86.0 Å². The minimum absolute atomic E-state index is 0.0615. The molecule has 0 aromatic rings. The highest BCUT2D eigenvalue weighted by atomic mass is 16.1. The molecule has 0 saturated heterocycles. The Hall–Kier alpha value is -1.36. The molecular weight excluding hydrogens is 360 g/mol. The Morgan fingerprint density at radius 1 is 1.24 bits per heavy atom. The SMILES string of the molecule is CCCC1(C)C2=CCC3(C)C(C(=O)CN(N)/C(C)=N\N)CCC3C2CCC1CC. The van der Waals surface area contributed by atoms with E-state index in [0.29, 0.717) is 23.1 Å². The van der Waals surface area contributed by atoms with Gasteiger partial charge in [-0.15, -0.1) is 0 Å². The third-order valence-corrected chi connectivity index (χ3v) is 9.02. The van der Waals surface area contributed by atoms with Gasteiger partial charge in [0.05, 0.1) is 6.54 Å². The summed E-state index contributed by atoms with van der Waals surface area (Å²) in [5, 5.41) is 5.02. The normalized spacial score (nSPS) is 39.5. The van der Waals surface area contributed by atoms with Gasteiger partial charge in [-0.3, -0.25) is 9.80 Å². The highest BCUT2D eigenvalue weighted by Crippen LogP contribution is 2.64. The summed E-state index contributed by atoms with van der Waals surface area (Å²) in [7, 11) is 0. The van der Waals surface area contributed by atoms with E-state index in [1.807, 2.05) is 0 Å². The molecule has 29 heavy (non-hydrogen) atoms. The molecule has 0 aromatic carbocycles. The molecule has 2 fully saturated rings. The van der Waals surface area contributed by atoms with E-state index in [1.165, 1.54) is 43.5 Å². The molecule has 0 aromatic heterocycles. The molecule has 2 saturated carbocycles. The van der Waals surface area contributed by atoms with Crippen LogP contribution in [0.3, 0.4) is 0 Å². The van der Waals surface area contributed by atoms with E-state index in [-0.39, 0.29) is 23.7 Å². The van der Waals surface area contributed by atoms with Gasteiger partial charge in [0, 0.05) is 5.92 Å². The van der Waals surface area contributed by atoms with Crippen molar-refractivity contribution >= 4 is 11.6 Å². The molecule has 0 aliphatic heterocycles. The Balaban J connectivity index is 1.85. The summed E-state index contributed by atoms with van der Waals surface area (Å²) in [5.41, 5.74) is 2.14. The van der Waals surface area contributed by atoms with Crippen molar-refractivity contribution in [3.8, 4) is 0 Å². The number of amidine groups is 1. The van der Waals surface area contributed by atoms with Gasteiger partial charge in [-0.1, -0.05) is 52.2 Å². The average Bonchev–Trinajstić information content (AvgIpc) is 3.05. The van der Waals surface area contributed by atoms with Gasteiger partial charge in [0.2, 0.25) is 0 Å². The summed E-state index contributed by atoms with van der Waals surface area (Å²) in [6, 6.07) is 0. The molecule has 6 unspecified atom stereocenters. The number of hydrazine groups is 1. The van der Waals surface area contributed by atoms with Crippen LogP contribution >= 0.6 is 0 Å². The van der Waals surface area contributed by atoms with Crippen molar-refractivity contribution in [3.05, 3.63) is 11.6 Å². The molecule has 0 amide bonds. The monoisotopic (exact) mass is 402 g/mol. The first-order valence-corrected chi connectivity index (χ1v) is 11.7. The fourth-order valence-corrected chi connectivity index (χ4v) is 7.38. The summed E-state index contributed by atoms with van der Waals surface area (Å²) in [6.07, 6.45) is 12.2. The van der Waals surface area contributed by atoms with Crippen molar-refractivity contribution in [1.82, 2.24) is 5.01 Å². The lowest BCUT2D eigenvalue weighted by atomic mass is 9.50. The van der Waals surface area contributed by atoms with Gasteiger partial charge in [-0.05, 0) is 74.0 Å². The van der Waals surface area contributed by atoms with E-state index in [9.17, 15) is 4.79 Å². The number of hydrazone groups is 1. The van der Waals surface area contributed by atoms with Crippen molar-refractivity contribution in [2.24, 2.45) is 51.3 Å². The smallest absolute Gasteiger partial charge is 0.157 e. The van der Waals surface area contributed by atoms with Gasteiger partial charge in [-0.25, -0.2) is 5.84 Å². The lowest BCUT2D eigenvalue weighted by Gasteiger charge is -2.54. The van der Waals surface area contributed by atoms with Crippen LogP contribution in [-0.4, -0.2) is 23.2 Å². The summed E-state index contributed by atoms with van der Waals surface area (Å²) in [4.78, 5) is 13.2. The molecule has 0 heterocycles. The molecule has 164 valence electrons. The second-order valence-corrected chi connectivity index (χ2v) is 10.3. The van der Waals surface area contributed by atoms with Crippen LogP contribution in [0.5, 0.6) is 0 Å². The Bertz CT molecular complexity index is 686. The average molecular weight is 403 g/mol. The van der Waals surface area contributed by atoms with Crippen LogP contribution in [0.4, 0.5) is 0 Å². The number of hydrogen-bond acceptors (Lipinski definition) is 4. The van der Waals surface area contributed by atoms with E-state index in [4.69, 9.17) is 11.7 Å². The number of nitrogens with two attached hydrogens (primary N) is 2. The van der Waals surface area contributed by atoms with E-state index in [0.717, 1.165) is 18.8 Å². The van der Waals surface area contributed by atoms with E-state index < -0.39 is 0 Å². The van der Waals surface area contributed by atoms with Crippen molar-refractivity contribution in [2.75, 3.05) is 6.54 Å². The zero-order valence-corrected chi connectivity index (χ0v) is 19.2. The number of hydrogen-bond donors (Lipinski definition) is 2. The van der Waals surface area contributed by atoms with Crippen LogP contribution < -0.4 is 11.7 Å². The number of Topliss-reactive ketones (excluding diaryl/α,β-unsaturated/α-hetero) is 1. The molecule has 5 heteroatoms. The number of nitrogens with zero attached hydrogens (tertiary/aromatic N) is 2. The third-order valence-electron chi connectivity index (χ3n) is 9.02. The third kappa shape index (κ3) is 3.64. The maximum Gasteiger partial charge on any atom is 0.157 e. The molecule has 0 bridgehead atoms. The molecule has 0 radical (unpaired) electrons. The molecule has 5 nitrogen and oxygen atoms in total. The first-order chi connectivity index (χ1) is 13.7. The first kappa shape index (κ1) is 22.3. The topological polar surface area (TPSA) is 84.7 Å². The van der Waals surface area contributed by atoms with Crippen molar-refractivity contribution < 1.29 is 4.79 Å². The summed E-state index contributed by atoms with van der Waals surface area (Å²) in [6.45, 7) is 11.5. The van der Waals surface area contributed by atoms with Gasteiger partial charge < -0.3 is 5.84 Å². The Labute approximate surface area is 177 Å². The Kier molecular flexibility index (Phi) is 6.47. The largest absolute Gasteiger partial charge is 0.322 e. The van der Waals surface area contributed by atoms with Crippen LogP contribution in [-0.2, 0) is 4.79 Å². The zero-order chi connectivity index (χ0) is 21.4. The van der Waals surface area contributed by atoms with Crippen LogP contribution in [0.25, 0.3) is 0 Å². The fraction of sp³-hybridized carbons (Fsp3) is 0.833. The minimum atomic E-state index is 0.0615. The molecular formula is C24H42N4O. The van der Waals surface area contributed by atoms with Gasteiger partial charge in [0.1, 0.15) is 5.84 Å². The Morgan fingerprint density at radius 2 is 1.97 bits per heavy atom. The van der Waals surface area contributed by atoms with Crippen LogP contribution in [0.15, 0.2) is 16.8 Å². The molecule has 4 N–H and O–H groups in total. The van der Waals surface area contributed by atoms with Crippen molar-refractivity contribution in [3.63, 3.8) is 0 Å². The summed E-state index contributed by atoms with van der Waals surface area (Å²) >= 11 is 0. The maximum atomic E-state index is 13.2. The highest BCUT2D eigenvalue weighted by molar-refractivity contribution is 5.89. The molecule has 0 spiro atoms. The molecule has 3 rings (SSSR count). The second kappa shape index (κ2) is 8.41. The van der Waals surface area contributed by atoms with Gasteiger partial charge in [0.15, 0.2) is 5.78 Å². The number of rotatable bonds is 6. The summed E-state index contributed by atoms with van der Waals surface area (Å²) in [5.74, 6) is 14.2. The number of fused-ring (bicyclic) bond motifs is 3. The first-order valence-electron chi connectivity index (χ1n) is 11.7. The second-order valence-electron chi connectivity index (χ2n) is 10.3. The highest BCUT2D eigenvalue weighted by Gasteiger charge is 2.57. The predicted molar refractivity (Wildman–Crippen MR) is 120 cm³/mol. The van der Waals surface area contributed by atoms with Crippen LogP contribution in [0, 0.1) is 34.5 Å². The number of carbonyl (C=O) groups excluding carboxylic acids is 1. The number of allylic oxidation sites excluding steroid dienone is 2. The minimum Gasteiger partial charge on any atom is -0.322 e. The fourth-order valence-electron chi connectivity index (χ4n) is 7.38. The van der Waals surface area contributed by atoms with E-state index >= 15 is 0 Å². The molecule has 6 atom stereocenters. The predicted octanol–water partition coefficient (Wildman–Crippen LogP) is 4.63. The lowest BCUT2D eigenvalue weighted by molar-refractivity contribution is -0.127. The maximum absolute atomic E-state index is 13.2. The number of ketones is 1.